The van der Waals surface area contributed by atoms with E-state index in [0.717, 1.165) is 24.5 Å². The van der Waals surface area contributed by atoms with Crippen molar-refractivity contribution in [3.8, 4) is 0 Å². The molecule has 0 aromatic carbocycles. The van der Waals surface area contributed by atoms with Crippen LogP contribution in [0.25, 0.3) is 0 Å². The maximum atomic E-state index is 10.8. The highest BCUT2D eigenvalue weighted by atomic mass is 32.1. The molecular formula is C14H23N3O2S. The first-order chi connectivity index (χ1) is 9.65. The summed E-state index contributed by atoms with van der Waals surface area (Å²) in [5, 5.41) is 11.0. The molecule has 1 aliphatic carbocycles. The number of hydrogen-bond donors (Lipinski definition) is 1. The fraction of sp³-hybridized carbons (Fsp3) is 0.714. The van der Waals surface area contributed by atoms with Crippen molar-refractivity contribution in [1.29, 1.82) is 0 Å². The van der Waals surface area contributed by atoms with Crippen molar-refractivity contribution in [3.63, 3.8) is 0 Å². The van der Waals surface area contributed by atoms with E-state index in [9.17, 15) is 10.1 Å². The third-order valence-corrected chi connectivity index (χ3v) is 5.25. The second-order valence-corrected chi connectivity index (χ2v) is 6.55. The fourth-order valence-electron chi connectivity index (χ4n) is 3.16. The van der Waals surface area contributed by atoms with Crippen LogP contribution in [0.4, 0.5) is 5.00 Å². The molecule has 0 amide bonds. The normalized spacial score (nSPS) is 23.1. The third-order valence-electron chi connectivity index (χ3n) is 4.23. The summed E-state index contributed by atoms with van der Waals surface area (Å²) in [6, 6.07) is 4.01. The summed E-state index contributed by atoms with van der Waals surface area (Å²) in [5.74, 6) is 0.568. The van der Waals surface area contributed by atoms with E-state index in [2.05, 4.69) is 11.8 Å². The van der Waals surface area contributed by atoms with Gasteiger partial charge >= 0.3 is 5.00 Å². The lowest BCUT2D eigenvalue weighted by molar-refractivity contribution is -0.380. The van der Waals surface area contributed by atoms with Crippen LogP contribution in [-0.2, 0) is 6.54 Å². The monoisotopic (exact) mass is 297 g/mol. The minimum Gasteiger partial charge on any atom is -0.330 e. The van der Waals surface area contributed by atoms with Crippen molar-refractivity contribution in [3.05, 3.63) is 27.1 Å². The Morgan fingerprint density at radius 3 is 2.80 bits per heavy atom. The molecule has 2 rings (SSSR count). The van der Waals surface area contributed by atoms with Crippen LogP contribution in [-0.4, -0.2) is 29.0 Å². The predicted octanol–water partition coefficient (Wildman–Crippen LogP) is 3.00. The molecule has 0 aliphatic heterocycles. The summed E-state index contributed by atoms with van der Waals surface area (Å²) < 4.78 is 0. The lowest BCUT2D eigenvalue weighted by Crippen LogP contribution is -2.44. The molecule has 1 heterocycles. The molecule has 0 spiro atoms. The third kappa shape index (κ3) is 3.56. The van der Waals surface area contributed by atoms with Gasteiger partial charge in [0, 0.05) is 23.5 Å². The first kappa shape index (κ1) is 15.4. The van der Waals surface area contributed by atoms with Gasteiger partial charge in [0.1, 0.15) is 0 Å². The average Bonchev–Trinajstić information content (AvgIpc) is 2.93. The molecule has 0 bridgehead atoms. The van der Waals surface area contributed by atoms with Crippen LogP contribution in [0.1, 0.15) is 37.5 Å². The number of nitro groups is 1. The lowest BCUT2D eigenvalue weighted by Gasteiger charge is -2.39. The molecule has 2 atom stereocenters. The minimum atomic E-state index is -0.312. The van der Waals surface area contributed by atoms with Crippen LogP contribution in [0.5, 0.6) is 0 Å². The van der Waals surface area contributed by atoms with E-state index in [1.54, 1.807) is 6.07 Å². The molecule has 2 N–H and O–H groups in total. The molecule has 1 aliphatic rings. The van der Waals surface area contributed by atoms with E-state index in [4.69, 9.17) is 5.73 Å². The largest absolute Gasteiger partial charge is 0.330 e. The Labute approximate surface area is 123 Å². The quantitative estimate of drug-likeness (QED) is 0.647. The number of nitrogens with zero attached hydrogens (tertiary/aromatic N) is 2. The van der Waals surface area contributed by atoms with Crippen molar-refractivity contribution in [2.75, 3.05) is 13.1 Å². The Balaban J connectivity index is 2.05. The summed E-state index contributed by atoms with van der Waals surface area (Å²) >= 11 is 1.29. The Bertz CT molecular complexity index is 449. The zero-order valence-electron chi connectivity index (χ0n) is 12.0. The smallest absolute Gasteiger partial charge is 0.324 e. The molecule has 0 saturated heterocycles. The van der Waals surface area contributed by atoms with E-state index >= 15 is 0 Å². The van der Waals surface area contributed by atoms with E-state index in [0.29, 0.717) is 12.0 Å². The van der Waals surface area contributed by atoms with Crippen molar-refractivity contribution in [1.82, 2.24) is 4.90 Å². The van der Waals surface area contributed by atoms with Gasteiger partial charge in [0.2, 0.25) is 0 Å². The van der Waals surface area contributed by atoms with E-state index in [1.165, 1.54) is 37.0 Å². The van der Waals surface area contributed by atoms with E-state index in [-0.39, 0.29) is 9.92 Å². The zero-order valence-corrected chi connectivity index (χ0v) is 12.8. The Morgan fingerprint density at radius 1 is 1.45 bits per heavy atom. The molecule has 1 aromatic rings. The lowest BCUT2D eigenvalue weighted by atomic mass is 9.83. The van der Waals surface area contributed by atoms with E-state index < -0.39 is 0 Å². The van der Waals surface area contributed by atoms with Crippen molar-refractivity contribution < 1.29 is 4.92 Å². The van der Waals surface area contributed by atoms with Gasteiger partial charge in [-0.1, -0.05) is 31.1 Å². The fourth-order valence-corrected chi connectivity index (χ4v) is 4.00. The second-order valence-electron chi connectivity index (χ2n) is 5.41. The zero-order chi connectivity index (χ0) is 14.5. The van der Waals surface area contributed by atoms with Gasteiger partial charge in [0.25, 0.3) is 0 Å². The van der Waals surface area contributed by atoms with Crippen LogP contribution >= 0.6 is 11.3 Å². The summed E-state index contributed by atoms with van der Waals surface area (Å²) in [5.41, 5.74) is 5.91. The van der Waals surface area contributed by atoms with Crippen molar-refractivity contribution in [2.24, 2.45) is 11.7 Å². The van der Waals surface area contributed by atoms with Gasteiger partial charge in [-0.05, 0) is 37.9 Å². The van der Waals surface area contributed by atoms with Gasteiger partial charge in [0.15, 0.2) is 0 Å². The maximum absolute atomic E-state index is 10.8. The molecule has 112 valence electrons. The summed E-state index contributed by atoms with van der Waals surface area (Å²) in [7, 11) is 0. The predicted molar refractivity (Wildman–Crippen MR) is 81.9 cm³/mol. The summed E-state index contributed by atoms with van der Waals surface area (Å²) in [6.07, 6.45) is 4.95. The van der Waals surface area contributed by atoms with Gasteiger partial charge in [-0.2, -0.15) is 0 Å². The van der Waals surface area contributed by atoms with Crippen molar-refractivity contribution in [2.45, 2.75) is 45.2 Å². The van der Waals surface area contributed by atoms with Gasteiger partial charge in [0.05, 0.1) is 4.92 Å². The highest BCUT2D eigenvalue weighted by Crippen LogP contribution is 2.31. The highest BCUT2D eigenvalue weighted by Gasteiger charge is 2.28. The topological polar surface area (TPSA) is 72.4 Å². The summed E-state index contributed by atoms with van der Waals surface area (Å²) in [4.78, 5) is 13.9. The van der Waals surface area contributed by atoms with Crippen LogP contribution in [0.3, 0.4) is 0 Å². The maximum Gasteiger partial charge on any atom is 0.324 e. The SMILES string of the molecule is CCN(Cc1ccc([N+](=O)[O-])s1)C1CCCCC1CN. The highest BCUT2D eigenvalue weighted by molar-refractivity contribution is 7.15. The molecule has 2 unspecified atom stereocenters. The number of hydrogen-bond acceptors (Lipinski definition) is 5. The number of rotatable bonds is 6. The molecule has 1 fully saturated rings. The number of thiophene rings is 1. The molecule has 0 radical (unpaired) electrons. The van der Waals surface area contributed by atoms with Crippen LogP contribution < -0.4 is 5.73 Å². The number of nitrogens with two attached hydrogens (primary N) is 1. The standard InChI is InChI=1S/C14H23N3O2S/c1-2-16(13-6-4-3-5-11(13)9-15)10-12-7-8-14(20-12)17(18)19/h7-8,11,13H,2-6,9-10,15H2,1H3. The molecule has 6 heteroatoms. The minimum absolute atomic E-state index is 0.232. The van der Waals surface area contributed by atoms with Gasteiger partial charge in [-0.25, -0.2) is 0 Å². The van der Waals surface area contributed by atoms with Gasteiger partial charge in [-0.3, -0.25) is 15.0 Å². The van der Waals surface area contributed by atoms with Crippen LogP contribution in [0.2, 0.25) is 0 Å². The molecular weight excluding hydrogens is 274 g/mol. The molecule has 20 heavy (non-hydrogen) atoms. The first-order valence-electron chi connectivity index (χ1n) is 7.33. The Kier molecular flexibility index (Phi) is 5.51. The van der Waals surface area contributed by atoms with Crippen LogP contribution in [0.15, 0.2) is 12.1 Å². The van der Waals surface area contributed by atoms with Gasteiger partial charge < -0.3 is 5.73 Å². The Hall–Kier alpha value is -0.980. The molecule has 5 nitrogen and oxygen atoms in total. The Morgan fingerprint density at radius 2 is 2.20 bits per heavy atom. The average molecular weight is 297 g/mol. The van der Waals surface area contributed by atoms with Gasteiger partial charge in [-0.15, -0.1) is 0 Å². The van der Waals surface area contributed by atoms with E-state index in [1.807, 2.05) is 6.07 Å². The first-order valence-corrected chi connectivity index (χ1v) is 8.14. The van der Waals surface area contributed by atoms with Crippen LogP contribution in [0, 0.1) is 16.0 Å². The molecule has 1 saturated carbocycles. The second kappa shape index (κ2) is 7.15. The molecule has 1 aromatic heterocycles. The van der Waals surface area contributed by atoms with Crippen molar-refractivity contribution >= 4 is 16.3 Å². The summed E-state index contributed by atoms with van der Waals surface area (Å²) in [6.45, 7) is 4.67.